The fourth-order valence-corrected chi connectivity index (χ4v) is 7.49. The van der Waals surface area contributed by atoms with Crippen molar-refractivity contribution in [1.29, 1.82) is 0 Å². The van der Waals surface area contributed by atoms with Gasteiger partial charge in [0, 0.05) is 42.2 Å². The fraction of sp³-hybridized carbons (Fsp3) is 0.652. The molecule has 5 nitrogen and oxygen atoms in total. The molecule has 1 saturated carbocycles. The zero-order chi connectivity index (χ0) is 19.9. The van der Waals surface area contributed by atoms with E-state index >= 15 is 0 Å². The minimum atomic E-state index is -1.18. The largest absolute Gasteiger partial charge is 0.497 e. The molecule has 0 radical (unpaired) electrons. The first kappa shape index (κ1) is 18.5. The molecule has 3 heterocycles. The van der Waals surface area contributed by atoms with E-state index < -0.39 is 17.1 Å². The second-order valence-electron chi connectivity index (χ2n) is 9.20. The number of fused-ring (bicyclic) bond motifs is 1. The van der Waals surface area contributed by atoms with Crippen molar-refractivity contribution >= 4 is 5.69 Å². The van der Waals surface area contributed by atoms with Crippen molar-refractivity contribution < 1.29 is 14.9 Å². The second-order valence-corrected chi connectivity index (χ2v) is 9.20. The zero-order valence-corrected chi connectivity index (χ0v) is 17.4. The normalized spacial score (nSPS) is 43.6. The van der Waals surface area contributed by atoms with Crippen molar-refractivity contribution in [2.45, 2.75) is 62.3 Å². The van der Waals surface area contributed by atoms with E-state index in [-0.39, 0.29) is 17.5 Å². The topological polar surface area (TPSA) is 56.2 Å². The van der Waals surface area contributed by atoms with Gasteiger partial charge in [0.25, 0.3) is 0 Å². The smallest absolute Gasteiger partial charge is 0.120 e. The van der Waals surface area contributed by atoms with Crippen LogP contribution in [0.3, 0.4) is 0 Å². The van der Waals surface area contributed by atoms with Gasteiger partial charge in [0.1, 0.15) is 11.4 Å². The lowest BCUT2D eigenvalue weighted by Crippen LogP contribution is -2.78. The minimum Gasteiger partial charge on any atom is -0.497 e. The van der Waals surface area contributed by atoms with Crippen LogP contribution in [0.25, 0.3) is 0 Å². The summed E-state index contributed by atoms with van der Waals surface area (Å²) in [6, 6.07) is 6.40. The number of hydrogen-bond donors (Lipinski definition) is 2. The SMILES string of the molecule is CC[C@]1(O)C2N(C)c3cc(OC)ccc3C23CCN2CC=C[C@](CC)(C23)C1O. The second kappa shape index (κ2) is 5.74. The van der Waals surface area contributed by atoms with E-state index in [1.165, 1.54) is 5.56 Å². The quantitative estimate of drug-likeness (QED) is 0.784. The molecule has 5 rings (SSSR count). The molecule has 1 spiro atoms. The number of aliphatic hydroxyl groups excluding tert-OH is 1. The number of benzene rings is 1. The van der Waals surface area contributed by atoms with E-state index in [9.17, 15) is 10.2 Å². The average molecular weight is 385 g/mol. The van der Waals surface area contributed by atoms with Crippen LogP contribution in [0.2, 0.25) is 0 Å². The maximum atomic E-state index is 12.1. The van der Waals surface area contributed by atoms with Crippen molar-refractivity contribution in [1.82, 2.24) is 4.90 Å². The molecule has 3 aliphatic heterocycles. The van der Waals surface area contributed by atoms with Gasteiger partial charge in [-0.1, -0.05) is 32.1 Å². The summed E-state index contributed by atoms with van der Waals surface area (Å²) in [5.41, 5.74) is 0.636. The van der Waals surface area contributed by atoms with E-state index in [2.05, 4.69) is 54.1 Å². The first-order valence-corrected chi connectivity index (χ1v) is 10.6. The van der Waals surface area contributed by atoms with Gasteiger partial charge >= 0.3 is 0 Å². The Morgan fingerprint density at radius 2 is 2.00 bits per heavy atom. The maximum Gasteiger partial charge on any atom is 0.120 e. The summed E-state index contributed by atoms with van der Waals surface area (Å²) in [5, 5.41) is 23.8. The van der Waals surface area contributed by atoms with Gasteiger partial charge in [-0.05, 0) is 37.4 Å². The van der Waals surface area contributed by atoms with Crippen LogP contribution < -0.4 is 9.64 Å². The molecule has 1 aromatic rings. The third-order valence-electron chi connectivity index (χ3n) is 8.54. The summed E-state index contributed by atoms with van der Waals surface area (Å²) in [5.74, 6) is 0.835. The summed E-state index contributed by atoms with van der Waals surface area (Å²) in [6.45, 7) is 6.09. The number of rotatable bonds is 3. The van der Waals surface area contributed by atoms with E-state index in [4.69, 9.17) is 4.74 Å². The standard InChI is InChI=1S/C23H32N2O3/c1-5-21-10-7-12-25-13-11-22(18(21)25)16-9-8-15(28-4)14-17(16)24(3)19(22)23(27,6-2)20(21)26/h7-10,14,18-20,26-27H,5-6,11-13H2,1-4H3/t18?,19?,20?,21-,22?,23+/m1/s1. The highest BCUT2D eigenvalue weighted by Crippen LogP contribution is 2.67. The molecule has 0 amide bonds. The first-order valence-electron chi connectivity index (χ1n) is 10.6. The van der Waals surface area contributed by atoms with Crippen molar-refractivity contribution in [3.05, 3.63) is 35.9 Å². The van der Waals surface area contributed by atoms with Crippen LogP contribution in [0, 0.1) is 5.41 Å². The molecule has 0 bridgehead atoms. The molecule has 1 aliphatic carbocycles. The van der Waals surface area contributed by atoms with Gasteiger partial charge in [0.15, 0.2) is 0 Å². The lowest BCUT2D eigenvalue weighted by Gasteiger charge is -2.64. The molecule has 0 aromatic heterocycles. The van der Waals surface area contributed by atoms with Crippen LogP contribution in [0.15, 0.2) is 30.4 Å². The molecule has 1 saturated heterocycles. The van der Waals surface area contributed by atoms with Crippen LogP contribution >= 0.6 is 0 Å². The molecule has 4 aliphatic rings. The van der Waals surface area contributed by atoms with Gasteiger partial charge < -0.3 is 19.8 Å². The summed E-state index contributed by atoms with van der Waals surface area (Å²) in [4.78, 5) is 4.77. The Kier molecular flexibility index (Phi) is 3.79. The van der Waals surface area contributed by atoms with Crippen LogP contribution in [-0.4, -0.2) is 66.1 Å². The molecule has 1 aromatic carbocycles. The summed E-state index contributed by atoms with van der Waals surface area (Å²) >= 11 is 0. The van der Waals surface area contributed by atoms with E-state index in [1.807, 2.05) is 6.92 Å². The lowest BCUT2D eigenvalue weighted by molar-refractivity contribution is -0.200. The Balaban J connectivity index is 1.83. The van der Waals surface area contributed by atoms with Gasteiger partial charge in [0.05, 0.1) is 19.3 Å². The van der Waals surface area contributed by atoms with Crippen molar-refractivity contribution in [3.63, 3.8) is 0 Å². The number of nitrogens with zero attached hydrogens (tertiary/aromatic N) is 2. The molecule has 5 heteroatoms. The Bertz CT molecular complexity index is 841. The summed E-state index contributed by atoms with van der Waals surface area (Å²) in [7, 11) is 3.77. The summed E-state index contributed by atoms with van der Waals surface area (Å²) < 4.78 is 5.51. The van der Waals surface area contributed by atoms with Gasteiger partial charge in [-0.2, -0.15) is 0 Å². The van der Waals surface area contributed by atoms with E-state index in [0.717, 1.165) is 37.4 Å². The van der Waals surface area contributed by atoms with Crippen molar-refractivity contribution in [2.75, 3.05) is 32.1 Å². The monoisotopic (exact) mass is 384 g/mol. The number of ether oxygens (including phenoxy) is 1. The average Bonchev–Trinajstić information content (AvgIpc) is 3.23. The molecule has 4 unspecified atom stereocenters. The number of methoxy groups -OCH3 is 1. The molecule has 6 atom stereocenters. The molecular weight excluding hydrogens is 352 g/mol. The number of anilines is 1. The van der Waals surface area contributed by atoms with Gasteiger partial charge in [-0.25, -0.2) is 0 Å². The Hall–Kier alpha value is -1.56. The highest BCUT2D eigenvalue weighted by Gasteiger charge is 2.76. The third-order valence-corrected chi connectivity index (χ3v) is 8.54. The molecule has 152 valence electrons. The lowest BCUT2D eigenvalue weighted by atomic mass is 9.47. The van der Waals surface area contributed by atoms with E-state index in [1.54, 1.807) is 7.11 Å². The van der Waals surface area contributed by atoms with Crippen molar-refractivity contribution in [2.24, 2.45) is 5.41 Å². The van der Waals surface area contributed by atoms with Gasteiger partial charge in [-0.3, -0.25) is 4.90 Å². The van der Waals surface area contributed by atoms with Crippen LogP contribution in [0.1, 0.15) is 38.7 Å². The minimum absolute atomic E-state index is 0.150. The molecule has 28 heavy (non-hydrogen) atoms. The Morgan fingerprint density at radius 1 is 1.21 bits per heavy atom. The number of likely N-dealkylation sites (N-methyl/N-ethyl adjacent to an activating group) is 1. The highest BCUT2D eigenvalue weighted by molar-refractivity contribution is 5.70. The predicted molar refractivity (Wildman–Crippen MR) is 110 cm³/mol. The third kappa shape index (κ3) is 1.80. The highest BCUT2D eigenvalue weighted by atomic mass is 16.5. The van der Waals surface area contributed by atoms with E-state index in [0.29, 0.717) is 6.42 Å². The molecular formula is C23H32N2O3. The predicted octanol–water partition coefficient (Wildman–Crippen LogP) is 2.31. The van der Waals surface area contributed by atoms with Gasteiger partial charge in [-0.15, -0.1) is 0 Å². The van der Waals surface area contributed by atoms with Crippen molar-refractivity contribution in [3.8, 4) is 5.75 Å². The Morgan fingerprint density at radius 3 is 2.68 bits per heavy atom. The summed E-state index contributed by atoms with van der Waals surface area (Å²) in [6.07, 6.45) is 5.98. The maximum absolute atomic E-state index is 12.1. The van der Waals surface area contributed by atoms with Gasteiger partial charge in [0.2, 0.25) is 0 Å². The Labute approximate surface area is 167 Å². The number of aliphatic hydroxyl groups is 2. The first-order chi connectivity index (χ1) is 13.4. The zero-order valence-electron chi connectivity index (χ0n) is 17.4. The van der Waals surface area contributed by atoms with Crippen LogP contribution in [0.5, 0.6) is 5.75 Å². The molecule has 2 fully saturated rings. The fourth-order valence-electron chi connectivity index (χ4n) is 7.49. The number of hydrogen-bond acceptors (Lipinski definition) is 5. The van der Waals surface area contributed by atoms with Crippen LogP contribution in [-0.2, 0) is 5.41 Å². The molecule has 2 N–H and O–H groups in total. The van der Waals surface area contributed by atoms with Crippen LogP contribution in [0.4, 0.5) is 5.69 Å².